The van der Waals surface area contributed by atoms with Crippen molar-refractivity contribution in [2.24, 2.45) is 14.1 Å². The number of para-hydroxylation sites is 2. The highest BCUT2D eigenvalue weighted by Crippen LogP contribution is 2.56. The van der Waals surface area contributed by atoms with E-state index >= 15 is 0 Å². The molecular weight excluding hydrogens is 504 g/mol. The van der Waals surface area contributed by atoms with E-state index in [-0.39, 0.29) is 11.0 Å². The van der Waals surface area contributed by atoms with E-state index in [0.717, 1.165) is 14.1 Å². The first-order valence-electron chi connectivity index (χ1n) is 7.59. The zero-order valence-corrected chi connectivity index (χ0v) is 16.2. The van der Waals surface area contributed by atoms with Crippen LogP contribution in [0.1, 0.15) is 5.82 Å². The van der Waals surface area contributed by atoms with Gasteiger partial charge in [-0.1, -0.05) is 12.1 Å². The van der Waals surface area contributed by atoms with Crippen LogP contribution >= 0.6 is 0 Å². The van der Waals surface area contributed by atoms with Gasteiger partial charge in [-0.3, -0.25) is 0 Å². The largest absolute Gasteiger partial charge is 0.741 e. The van der Waals surface area contributed by atoms with Gasteiger partial charge >= 0.3 is 35.3 Å². The Labute approximate surface area is 170 Å². The molecule has 2 aromatic rings. The normalized spacial score (nSPS) is 14.3. The number of hydrogen-bond donors (Lipinski definition) is 0. The molecule has 0 N–H and O–H groups in total. The monoisotopic (exact) mass is 514 g/mol. The van der Waals surface area contributed by atoms with Crippen molar-refractivity contribution < 1.29 is 70.2 Å². The average Bonchev–Trinajstić information content (AvgIpc) is 2.84. The van der Waals surface area contributed by atoms with Crippen LogP contribution in [0.4, 0.5) is 52.7 Å². The van der Waals surface area contributed by atoms with Crippen molar-refractivity contribution >= 4 is 21.2 Å². The van der Waals surface area contributed by atoms with Gasteiger partial charge in [0.1, 0.15) is 0 Å². The standard InChI is InChI=1S/C13H10F9N2.CHF3O3S/c1-23-7-5-3-4-6-8(7)24(2)9(23)10(14,15)11(16,17)12(18,19)13(20,21)22;2-1(3,4)8(5,6)7/h3-6H,1-2H3;(H,5,6,7)/q+1;/p-1. The van der Waals surface area contributed by atoms with E-state index in [1.54, 1.807) is 0 Å². The fourth-order valence-corrected chi connectivity index (χ4v) is 2.42. The summed E-state index contributed by atoms with van der Waals surface area (Å²) in [6, 6.07) is 5.20. The van der Waals surface area contributed by atoms with E-state index in [1.807, 2.05) is 0 Å². The quantitative estimate of drug-likeness (QED) is 0.270. The first-order chi connectivity index (χ1) is 13.9. The topological polar surface area (TPSA) is 66.0 Å². The molecule has 0 unspecified atom stereocenters. The number of aromatic nitrogens is 2. The van der Waals surface area contributed by atoms with Crippen LogP contribution in [0.3, 0.4) is 0 Å². The maximum absolute atomic E-state index is 14.1. The molecule has 0 fully saturated rings. The van der Waals surface area contributed by atoms with Gasteiger partial charge in [0.2, 0.25) is 0 Å². The number of fused-ring (bicyclic) bond motifs is 1. The van der Waals surface area contributed by atoms with E-state index in [1.165, 1.54) is 24.3 Å². The van der Waals surface area contributed by atoms with Gasteiger partial charge < -0.3 is 4.55 Å². The van der Waals surface area contributed by atoms with E-state index in [2.05, 4.69) is 0 Å². The van der Waals surface area contributed by atoms with Crippen molar-refractivity contribution in [1.29, 1.82) is 0 Å². The summed E-state index contributed by atoms with van der Waals surface area (Å²) in [5.74, 6) is -21.1. The number of benzene rings is 1. The van der Waals surface area contributed by atoms with Gasteiger partial charge in [0.15, 0.2) is 21.2 Å². The highest BCUT2D eigenvalue weighted by Gasteiger charge is 2.84. The Kier molecular flexibility index (Phi) is 6.92. The van der Waals surface area contributed by atoms with Crippen LogP contribution in [0.15, 0.2) is 24.3 Å². The minimum atomic E-state index is -6.92. The van der Waals surface area contributed by atoms with E-state index in [9.17, 15) is 52.7 Å². The summed E-state index contributed by atoms with van der Waals surface area (Å²) < 4.78 is 178. The highest BCUT2D eigenvalue weighted by molar-refractivity contribution is 7.86. The third-order valence-corrected chi connectivity index (χ3v) is 4.52. The van der Waals surface area contributed by atoms with Gasteiger partial charge in [-0.25, -0.2) is 17.6 Å². The summed E-state index contributed by atoms with van der Waals surface area (Å²) in [7, 11) is -4.35. The lowest BCUT2D eigenvalue weighted by atomic mass is 10.0. The second-order valence-corrected chi connectivity index (χ2v) is 7.42. The molecule has 1 aromatic carbocycles. The molecule has 0 bridgehead atoms. The SMILES string of the molecule is Cn1c(C(F)(F)C(F)(F)C(F)(F)C(F)(F)F)[n+](C)c2ccccc21.O=S(=O)([O-])C(F)(F)F. The lowest BCUT2D eigenvalue weighted by Crippen LogP contribution is -2.62. The zero-order chi connectivity index (χ0) is 25.7. The smallest absolute Gasteiger partial charge is 0.485 e. The van der Waals surface area contributed by atoms with E-state index in [0.29, 0.717) is 9.13 Å². The molecule has 1 heterocycles. The maximum Gasteiger partial charge on any atom is 0.485 e. The molecule has 0 aliphatic heterocycles. The number of alkyl halides is 12. The third kappa shape index (κ3) is 4.46. The number of nitrogens with zero attached hydrogens (tertiary/aromatic N) is 2. The maximum atomic E-state index is 14.1. The second-order valence-electron chi connectivity index (χ2n) is 6.05. The Morgan fingerprint density at radius 1 is 0.844 bits per heavy atom. The number of halogens is 12. The first-order valence-corrected chi connectivity index (χ1v) is 9.00. The molecule has 18 heteroatoms. The summed E-state index contributed by atoms with van der Waals surface area (Å²) in [5.41, 5.74) is -5.73. The van der Waals surface area contributed by atoms with Crippen LogP contribution in [0.5, 0.6) is 0 Å². The summed E-state index contributed by atoms with van der Waals surface area (Å²) in [4.78, 5) is 0. The molecule has 184 valence electrons. The minimum absolute atomic E-state index is 0.0409. The van der Waals surface area contributed by atoms with E-state index in [4.69, 9.17) is 13.0 Å². The first kappa shape index (κ1) is 27.8. The molecule has 0 aliphatic carbocycles. The predicted molar refractivity (Wildman–Crippen MR) is 79.7 cm³/mol. The average molecular weight is 514 g/mol. The lowest BCUT2D eigenvalue weighted by Gasteiger charge is -2.31. The Hall–Kier alpha value is -2.24. The molecular formula is C14H10F12N2O3S. The molecule has 0 aliphatic rings. The molecule has 32 heavy (non-hydrogen) atoms. The third-order valence-electron chi connectivity index (χ3n) is 3.95. The van der Waals surface area contributed by atoms with Gasteiger partial charge in [0.25, 0.3) is 0 Å². The van der Waals surface area contributed by atoms with Crippen LogP contribution in [0.25, 0.3) is 11.0 Å². The van der Waals surface area contributed by atoms with Crippen LogP contribution in [-0.4, -0.2) is 41.1 Å². The molecule has 0 saturated heterocycles. The van der Waals surface area contributed by atoms with Crippen molar-refractivity contribution in [2.45, 2.75) is 29.5 Å². The van der Waals surface area contributed by atoms with Gasteiger partial charge in [-0.05, 0) is 12.1 Å². The molecule has 2 rings (SSSR count). The fraction of sp³-hybridized carbons (Fsp3) is 0.500. The van der Waals surface area contributed by atoms with Crippen LogP contribution in [-0.2, 0) is 30.1 Å². The number of imidazole rings is 1. The Morgan fingerprint density at radius 3 is 1.59 bits per heavy atom. The number of hydrogen-bond acceptors (Lipinski definition) is 3. The fourth-order valence-electron chi connectivity index (χ4n) is 2.42. The summed E-state index contributed by atoms with van der Waals surface area (Å²) in [6.45, 7) is 0. The molecule has 1 aromatic heterocycles. The molecule has 0 radical (unpaired) electrons. The molecule has 5 nitrogen and oxygen atoms in total. The van der Waals surface area contributed by atoms with Gasteiger partial charge in [-0.2, -0.15) is 52.7 Å². The summed E-state index contributed by atoms with van der Waals surface area (Å²) in [5, 5.41) is 0. The molecule has 0 saturated carbocycles. The van der Waals surface area contributed by atoms with Crippen LogP contribution < -0.4 is 4.57 Å². The number of rotatable bonds is 3. The Morgan fingerprint density at radius 2 is 1.25 bits per heavy atom. The summed E-state index contributed by atoms with van der Waals surface area (Å²) in [6.07, 6.45) is -6.84. The van der Waals surface area contributed by atoms with Crippen LogP contribution in [0.2, 0.25) is 0 Å². The van der Waals surface area contributed by atoms with Crippen molar-refractivity contribution in [3.05, 3.63) is 30.1 Å². The van der Waals surface area contributed by atoms with Gasteiger partial charge in [-0.15, -0.1) is 0 Å². The van der Waals surface area contributed by atoms with Crippen molar-refractivity contribution in [1.82, 2.24) is 4.57 Å². The predicted octanol–water partition coefficient (Wildman–Crippen LogP) is 3.98. The van der Waals surface area contributed by atoms with Gasteiger partial charge in [0.05, 0.1) is 14.1 Å². The highest BCUT2D eigenvalue weighted by atomic mass is 32.2. The van der Waals surface area contributed by atoms with Crippen molar-refractivity contribution in [2.75, 3.05) is 0 Å². The molecule has 0 amide bonds. The van der Waals surface area contributed by atoms with Crippen LogP contribution in [0, 0.1) is 0 Å². The van der Waals surface area contributed by atoms with Crippen molar-refractivity contribution in [3.8, 4) is 0 Å². The Balaban J connectivity index is 0.000000547. The minimum Gasteiger partial charge on any atom is -0.741 e. The Bertz CT molecular complexity index is 1050. The lowest BCUT2D eigenvalue weighted by molar-refractivity contribution is -0.668. The zero-order valence-electron chi connectivity index (χ0n) is 15.4. The number of aryl methyl sites for hydroxylation is 2. The van der Waals surface area contributed by atoms with Crippen molar-refractivity contribution in [3.63, 3.8) is 0 Å². The van der Waals surface area contributed by atoms with E-state index < -0.39 is 45.4 Å². The second kappa shape index (κ2) is 7.96. The molecule has 0 spiro atoms. The summed E-state index contributed by atoms with van der Waals surface area (Å²) >= 11 is 0. The molecule has 0 atom stereocenters. The van der Waals surface area contributed by atoms with Gasteiger partial charge in [0, 0.05) is 0 Å².